The summed E-state index contributed by atoms with van der Waals surface area (Å²) in [6.07, 6.45) is 8.55. The number of fused-ring (bicyclic) bond motifs is 3. The van der Waals surface area contributed by atoms with E-state index < -0.39 is 5.41 Å². The topological polar surface area (TPSA) is 6.48 Å². The van der Waals surface area contributed by atoms with E-state index in [1.54, 1.807) is 0 Å². The molecule has 0 aliphatic heterocycles. The van der Waals surface area contributed by atoms with Crippen molar-refractivity contribution in [2.24, 2.45) is 0 Å². The van der Waals surface area contributed by atoms with Gasteiger partial charge in [-0.05, 0) is 105 Å². The van der Waals surface area contributed by atoms with Gasteiger partial charge in [-0.15, -0.1) is 0 Å². The molecule has 0 atom stereocenters. The Morgan fingerprint density at radius 1 is 0.422 bits per heavy atom. The van der Waals surface area contributed by atoms with Crippen molar-refractivity contribution < 1.29 is 0 Å². The quantitative estimate of drug-likeness (QED) is 0.107. The number of rotatable bonds is 13. The second-order valence-corrected chi connectivity index (χ2v) is 16.1. The Morgan fingerprint density at radius 2 is 0.922 bits per heavy atom. The van der Waals surface area contributed by atoms with Gasteiger partial charge in [-0.3, -0.25) is 0 Å². The lowest BCUT2D eigenvalue weighted by Crippen LogP contribution is -2.29. The molecule has 2 heteroatoms. The second kappa shape index (κ2) is 18.0. The van der Waals surface area contributed by atoms with Crippen LogP contribution < -0.4 is 9.80 Å². The minimum atomic E-state index is -0.510. The predicted molar refractivity (Wildman–Crippen MR) is 271 cm³/mol. The average molecular weight is 821 g/mol. The van der Waals surface area contributed by atoms with Crippen LogP contribution in [0.2, 0.25) is 0 Å². The summed E-state index contributed by atoms with van der Waals surface area (Å²) in [5.74, 6) is 0. The Labute approximate surface area is 377 Å². The maximum atomic E-state index is 4.39. The highest BCUT2D eigenvalue weighted by Crippen LogP contribution is 2.56. The molecule has 0 amide bonds. The van der Waals surface area contributed by atoms with Gasteiger partial charge in [-0.2, -0.15) is 0 Å². The molecule has 0 unspecified atom stereocenters. The zero-order chi connectivity index (χ0) is 43.1. The van der Waals surface area contributed by atoms with Crippen LogP contribution in [0, 0.1) is 0 Å². The van der Waals surface area contributed by atoms with E-state index in [1.807, 2.05) is 6.08 Å². The van der Waals surface area contributed by atoms with E-state index in [4.69, 9.17) is 0 Å². The molecule has 0 N–H and O–H groups in total. The van der Waals surface area contributed by atoms with Crippen LogP contribution in [-0.2, 0) is 5.41 Å². The van der Waals surface area contributed by atoms with Crippen LogP contribution in [0.25, 0.3) is 33.4 Å². The van der Waals surface area contributed by atoms with E-state index in [0.717, 1.165) is 28.4 Å². The van der Waals surface area contributed by atoms with E-state index in [1.165, 1.54) is 55.6 Å². The maximum Gasteiger partial charge on any atom is 0.0714 e. The normalized spacial score (nSPS) is 12.7. The summed E-state index contributed by atoms with van der Waals surface area (Å²) in [6.45, 7) is 5.03. The molecule has 9 aromatic rings. The Morgan fingerprint density at radius 3 is 1.56 bits per heavy atom. The maximum absolute atomic E-state index is 4.39. The van der Waals surface area contributed by atoms with Gasteiger partial charge in [-0.25, -0.2) is 0 Å². The largest absolute Gasteiger partial charge is 0.337 e. The van der Waals surface area contributed by atoms with E-state index in [0.29, 0.717) is 6.54 Å². The lowest BCUT2D eigenvalue weighted by molar-refractivity contribution is 0.768. The first-order valence-electron chi connectivity index (χ1n) is 22.0. The van der Waals surface area contributed by atoms with Gasteiger partial charge in [0, 0.05) is 40.6 Å². The average Bonchev–Trinajstić information content (AvgIpc) is 3.68. The van der Waals surface area contributed by atoms with Crippen LogP contribution in [-0.4, -0.2) is 6.54 Å². The van der Waals surface area contributed by atoms with Crippen LogP contribution in [0.3, 0.4) is 0 Å². The molecular weight excluding hydrogens is 773 g/mol. The van der Waals surface area contributed by atoms with Crippen LogP contribution in [0.5, 0.6) is 0 Å². The smallest absolute Gasteiger partial charge is 0.0714 e. The number of benzene rings is 9. The molecule has 0 fully saturated rings. The van der Waals surface area contributed by atoms with Crippen LogP contribution in [0.1, 0.15) is 22.3 Å². The van der Waals surface area contributed by atoms with Crippen molar-refractivity contribution in [3.05, 3.63) is 301 Å². The second-order valence-electron chi connectivity index (χ2n) is 16.1. The van der Waals surface area contributed by atoms with E-state index in [-0.39, 0.29) is 0 Å². The highest BCUT2D eigenvalue weighted by atomic mass is 15.1. The van der Waals surface area contributed by atoms with Crippen LogP contribution in [0.4, 0.5) is 22.7 Å². The number of hydrogen-bond donors (Lipinski definition) is 0. The SMILES string of the molecule is C=C/C(=C\C=C/CN(c1ccc(-c2ccccc2)cc1)c1ccccc1-c1ccccc1)N(c1ccccc1)c1cccc(C2(c3ccccc3)c3ccccc3-c3ccccc32)c1. The molecule has 1 aliphatic carbocycles. The van der Waals surface area contributed by atoms with Crippen molar-refractivity contribution in [3.8, 4) is 33.4 Å². The first kappa shape index (κ1) is 39.9. The van der Waals surface area contributed by atoms with Crippen molar-refractivity contribution in [1.82, 2.24) is 0 Å². The minimum Gasteiger partial charge on any atom is -0.337 e. The molecule has 0 radical (unpaired) electrons. The molecule has 64 heavy (non-hydrogen) atoms. The van der Waals surface area contributed by atoms with Crippen molar-refractivity contribution in [1.29, 1.82) is 0 Å². The van der Waals surface area contributed by atoms with Crippen molar-refractivity contribution in [2.45, 2.75) is 5.41 Å². The standard InChI is InChI=1S/C62H48N2/c1-2-52(31-21-22-45-63(53-43-41-48(42-44-53)47-24-7-3-8-25-47)61-40-20-17-35-56(61)49-26-9-4-10-27-49)64(54-32-13-6-14-33-54)55-34-23-30-51(46-55)62(50-28-11-5-12-29-50)59-38-18-15-36-57(59)58-37-16-19-39-60(58)62/h2-44,46H,1,45H2/b22-21-,52-31+. The van der Waals surface area contributed by atoms with Gasteiger partial charge >= 0.3 is 0 Å². The third kappa shape index (κ3) is 7.46. The molecular formula is C62H48N2. The third-order valence-electron chi connectivity index (χ3n) is 12.4. The zero-order valence-electron chi connectivity index (χ0n) is 35.7. The Bertz CT molecular complexity index is 3030. The minimum absolute atomic E-state index is 0.510. The summed E-state index contributed by atoms with van der Waals surface area (Å²) in [4.78, 5) is 4.71. The molecule has 306 valence electrons. The number of hydrogen-bond acceptors (Lipinski definition) is 2. The highest BCUT2D eigenvalue weighted by Gasteiger charge is 2.46. The monoisotopic (exact) mass is 820 g/mol. The molecule has 0 saturated heterocycles. The third-order valence-corrected chi connectivity index (χ3v) is 12.4. The number of allylic oxidation sites excluding steroid dienone is 3. The Hall–Kier alpha value is -8.20. The van der Waals surface area contributed by atoms with E-state index >= 15 is 0 Å². The molecule has 2 nitrogen and oxygen atoms in total. The first-order valence-corrected chi connectivity index (χ1v) is 22.0. The van der Waals surface area contributed by atoms with E-state index in [9.17, 15) is 0 Å². The molecule has 0 heterocycles. The van der Waals surface area contributed by atoms with Gasteiger partial charge in [0.1, 0.15) is 0 Å². The van der Waals surface area contributed by atoms with E-state index in [2.05, 4.69) is 277 Å². The van der Waals surface area contributed by atoms with Gasteiger partial charge < -0.3 is 9.80 Å². The summed E-state index contributed by atoms with van der Waals surface area (Å²) in [7, 11) is 0. The fourth-order valence-electron chi connectivity index (χ4n) is 9.56. The first-order chi connectivity index (χ1) is 31.7. The molecule has 0 bridgehead atoms. The summed E-state index contributed by atoms with van der Waals surface area (Å²) in [5, 5.41) is 0. The Kier molecular flexibility index (Phi) is 11.2. The number of anilines is 4. The van der Waals surface area contributed by atoms with Crippen molar-refractivity contribution in [2.75, 3.05) is 16.3 Å². The Balaban J connectivity index is 1.05. The lowest BCUT2D eigenvalue weighted by atomic mass is 9.67. The van der Waals surface area contributed by atoms with Gasteiger partial charge in [0.05, 0.1) is 5.41 Å². The molecule has 10 rings (SSSR count). The molecule has 0 spiro atoms. The fraction of sp³-hybridized carbons (Fsp3) is 0.0323. The number of para-hydroxylation sites is 2. The van der Waals surface area contributed by atoms with Gasteiger partial charge in [0.15, 0.2) is 0 Å². The summed E-state index contributed by atoms with van der Waals surface area (Å²) >= 11 is 0. The van der Waals surface area contributed by atoms with Crippen molar-refractivity contribution in [3.63, 3.8) is 0 Å². The molecule has 0 aromatic heterocycles. The van der Waals surface area contributed by atoms with Crippen LogP contribution in [0.15, 0.2) is 279 Å². The summed E-state index contributed by atoms with van der Waals surface area (Å²) < 4.78 is 0. The molecule has 9 aromatic carbocycles. The summed E-state index contributed by atoms with van der Waals surface area (Å²) in [6, 6.07) is 87.3. The predicted octanol–water partition coefficient (Wildman–Crippen LogP) is 16.0. The van der Waals surface area contributed by atoms with Crippen LogP contribution >= 0.6 is 0 Å². The van der Waals surface area contributed by atoms with Gasteiger partial charge in [-0.1, -0.05) is 219 Å². The van der Waals surface area contributed by atoms with Crippen molar-refractivity contribution >= 4 is 22.7 Å². The van der Waals surface area contributed by atoms with Gasteiger partial charge in [0.25, 0.3) is 0 Å². The molecule has 0 saturated carbocycles. The lowest BCUT2D eigenvalue weighted by Gasteiger charge is -2.35. The molecule has 1 aliphatic rings. The zero-order valence-corrected chi connectivity index (χ0v) is 35.7. The summed E-state index contributed by atoms with van der Waals surface area (Å²) in [5.41, 5.74) is 17.2. The highest BCUT2D eigenvalue weighted by molar-refractivity contribution is 5.87. The fourth-order valence-corrected chi connectivity index (χ4v) is 9.56. The number of nitrogens with zero attached hydrogens (tertiary/aromatic N) is 2. The van der Waals surface area contributed by atoms with Gasteiger partial charge in [0.2, 0.25) is 0 Å².